The van der Waals surface area contributed by atoms with Crippen molar-refractivity contribution in [3.05, 3.63) is 0 Å². The molecule has 1 aliphatic carbocycles. The number of carbonyl (C=O) groups is 2. The number of unbranched alkanes of at least 4 members (excludes halogenated alkanes) is 1. The number of hydrogen-bond acceptors (Lipinski definition) is 9. The molecule has 31 heavy (non-hydrogen) atoms. The van der Waals surface area contributed by atoms with Crippen LogP contribution < -0.4 is 0 Å². The zero-order valence-corrected chi connectivity index (χ0v) is 19.3. The highest BCUT2D eigenvalue weighted by Crippen LogP contribution is 2.31. The van der Waals surface area contributed by atoms with Crippen LogP contribution in [0, 0.1) is 11.8 Å². The van der Waals surface area contributed by atoms with E-state index in [0.29, 0.717) is 19.4 Å². The fourth-order valence-electron chi connectivity index (χ4n) is 2.13. The maximum absolute atomic E-state index is 11.7. The van der Waals surface area contributed by atoms with Gasteiger partial charge in [0.25, 0.3) is 0 Å². The van der Waals surface area contributed by atoms with Crippen molar-refractivity contribution in [2.24, 2.45) is 11.8 Å². The van der Waals surface area contributed by atoms with Gasteiger partial charge >= 0.3 is 11.9 Å². The predicted octanol–water partition coefficient (Wildman–Crippen LogP) is 0.299. The molecular weight excluding hydrogens is 412 g/mol. The summed E-state index contributed by atoms with van der Waals surface area (Å²) in [5.74, 6) is -2.15. The van der Waals surface area contributed by atoms with E-state index in [4.69, 9.17) is 40.5 Å². The molecule has 0 amide bonds. The number of carbonyl (C=O) groups excluding carboxylic acids is 1. The van der Waals surface area contributed by atoms with E-state index in [1.54, 1.807) is 0 Å². The van der Waals surface area contributed by atoms with Crippen LogP contribution in [0.1, 0.15) is 66.2 Å². The van der Waals surface area contributed by atoms with Crippen molar-refractivity contribution in [3.8, 4) is 0 Å². The molecule has 0 spiro atoms. The molecule has 1 rings (SSSR count). The van der Waals surface area contributed by atoms with Crippen molar-refractivity contribution in [2.75, 3.05) is 26.4 Å². The van der Waals surface area contributed by atoms with Gasteiger partial charge in [-0.05, 0) is 40.0 Å². The van der Waals surface area contributed by atoms with E-state index in [2.05, 4.69) is 0 Å². The second-order valence-electron chi connectivity index (χ2n) is 7.45. The Balaban J connectivity index is -0.000000428. The first-order chi connectivity index (χ1) is 14.5. The van der Waals surface area contributed by atoms with Crippen molar-refractivity contribution in [1.82, 2.24) is 0 Å². The zero-order valence-electron chi connectivity index (χ0n) is 19.3. The van der Waals surface area contributed by atoms with Crippen molar-refractivity contribution < 1.29 is 50.1 Å². The number of hydrogen-bond donors (Lipinski definition) is 7. The van der Waals surface area contributed by atoms with E-state index in [-0.39, 0.29) is 25.8 Å². The van der Waals surface area contributed by atoms with Crippen LogP contribution in [0.2, 0.25) is 0 Å². The van der Waals surface area contributed by atoms with Gasteiger partial charge < -0.3 is 40.5 Å². The predicted molar refractivity (Wildman–Crippen MR) is 115 cm³/mol. The van der Waals surface area contributed by atoms with Gasteiger partial charge in [0.15, 0.2) is 0 Å². The normalized spacial score (nSPS) is 20.2. The molecule has 0 saturated heterocycles. The Kier molecular flexibility index (Phi) is 25.9. The summed E-state index contributed by atoms with van der Waals surface area (Å²) in [6.45, 7) is 6.60. The molecule has 1 fully saturated rings. The molecule has 0 aromatic carbocycles. The van der Waals surface area contributed by atoms with E-state index in [9.17, 15) is 9.59 Å². The Labute approximate surface area is 185 Å². The second-order valence-corrected chi connectivity index (χ2v) is 7.45. The molecule has 0 aromatic heterocycles. The van der Waals surface area contributed by atoms with E-state index >= 15 is 0 Å². The first-order valence-corrected chi connectivity index (χ1v) is 10.7. The van der Waals surface area contributed by atoms with Crippen molar-refractivity contribution >= 4 is 11.9 Å². The maximum Gasteiger partial charge on any atom is 0.309 e. The zero-order chi connectivity index (χ0) is 24.8. The van der Waals surface area contributed by atoms with Crippen LogP contribution in [-0.2, 0) is 14.3 Å². The van der Waals surface area contributed by atoms with Crippen molar-refractivity contribution in [1.29, 1.82) is 0 Å². The standard InChI is InChI=1S/C12H20O4.3C3H8O2/c1-2-3-8-16-12(15)10-7-5-4-6-9(10)11(13)14;3*1-3(5)2-4/h9-10H,2-8H2,1H3,(H,13,14);3*3-5H,2H2,1H3. The smallest absolute Gasteiger partial charge is 0.309 e. The van der Waals surface area contributed by atoms with Crippen molar-refractivity contribution in [3.63, 3.8) is 0 Å². The fourth-order valence-corrected chi connectivity index (χ4v) is 2.13. The number of ether oxygens (including phenoxy) is 1. The highest BCUT2D eigenvalue weighted by Gasteiger charge is 2.36. The molecule has 0 radical (unpaired) electrons. The second kappa shape index (κ2) is 23.4. The van der Waals surface area contributed by atoms with Crippen LogP contribution in [0.5, 0.6) is 0 Å². The maximum atomic E-state index is 11.7. The van der Waals surface area contributed by atoms with Crippen LogP contribution in [0.3, 0.4) is 0 Å². The molecule has 10 heteroatoms. The lowest BCUT2D eigenvalue weighted by Gasteiger charge is -2.26. The summed E-state index contributed by atoms with van der Waals surface area (Å²) in [5.41, 5.74) is 0. The Morgan fingerprint density at radius 3 is 1.48 bits per heavy atom. The highest BCUT2D eigenvalue weighted by atomic mass is 16.5. The monoisotopic (exact) mass is 456 g/mol. The lowest BCUT2D eigenvalue weighted by atomic mass is 9.79. The summed E-state index contributed by atoms with van der Waals surface area (Å²) in [7, 11) is 0. The number of carboxylic acid groups (broad SMARTS) is 1. The van der Waals surface area contributed by atoms with Gasteiger partial charge in [-0.2, -0.15) is 0 Å². The first kappa shape index (κ1) is 34.3. The minimum Gasteiger partial charge on any atom is -0.481 e. The Morgan fingerprint density at radius 1 is 0.839 bits per heavy atom. The summed E-state index contributed by atoms with van der Waals surface area (Å²) >= 11 is 0. The first-order valence-electron chi connectivity index (χ1n) is 10.7. The molecule has 5 unspecified atom stereocenters. The SMILES string of the molecule is CC(O)CO.CC(O)CO.CC(O)CO.CCCCOC(=O)C1CCCCC1C(=O)O. The fraction of sp³-hybridized carbons (Fsp3) is 0.905. The summed E-state index contributed by atoms with van der Waals surface area (Å²) < 4.78 is 5.10. The lowest BCUT2D eigenvalue weighted by molar-refractivity contribution is -0.159. The van der Waals surface area contributed by atoms with Gasteiger partial charge in [0.2, 0.25) is 0 Å². The van der Waals surface area contributed by atoms with Gasteiger partial charge in [0.1, 0.15) is 0 Å². The van der Waals surface area contributed by atoms with E-state index < -0.39 is 36.1 Å². The van der Waals surface area contributed by atoms with Crippen LogP contribution in [-0.4, -0.2) is 92.4 Å². The quantitative estimate of drug-likeness (QED) is 0.198. The molecule has 5 atom stereocenters. The molecule has 7 N–H and O–H groups in total. The van der Waals surface area contributed by atoms with Crippen molar-refractivity contribution in [2.45, 2.75) is 84.5 Å². The third-order valence-corrected chi connectivity index (χ3v) is 3.92. The van der Waals surface area contributed by atoms with Gasteiger partial charge in [-0.1, -0.05) is 26.2 Å². The van der Waals surface area contributed by atoms with Crippen LogP contribution in [0.25, 0.3) is 0 Å². The highest BCUT2D eigenvalue weighted by molar-refractivity contribution is 5.81. The van der Waals surface area contributed by atoms with Crippen LogP contribution in [0.15, 0.2) is 0 Å². The van der Waals surface area contributed by atoms with Crippen LogP contribution in [0.4, 0.5) is 0 Å². The number of aliphatic hydroxyl groups excluding tert-OH is 6. The van der Waals surface area contributed by atoms with Crippen LogP contribution >= 0.6 is 0 Å². The molecule has 10 nitrogen and oxygen atoms in total. The van der Waals surface area contributed by atoms with Gasteiger partial charge in [-0.3, -0.25) is 9.59 Å². The van der Waals surface area contributed by atoms with E-state index in [0.717, 1.165) is 25.7 Å². The summed E-state index contributed by atoms with van der Waals surface area (Å²) in [5, 5.41) is 57.0. The van der Waals surface area contributed by atoms with Gasteiger partial charge in [-0.15, -0.1) is 0 Å². The average Bonchev–Trinajstić information content (AvgIpc) is 2.74. The molecule has 1 aliphatic rings. The number of carboxylic acids is 1. The van der Waals surface area contributed by atoms with E-state index in [1.165, 1.54) is 20.8 Å². The molecular formula is C21H44O10. The third-order valence-electron chi connectivity index (χ3n) is 3.92. The third kappa shape index (κ3) is 24.8. The lowest BCUT2D eigenvalue weighted by Crippen LogP contribution is -2.33. The minimum atomic E-state index is -0.864. The topological polar surface area (TPSA) is 185 Å². The average molecular weight is 457 g/mol. The van der Waals surface area contributed by atoms with E-state index in [1.807, 2.05) is 6.92 Å². The Bertz CT molecular complexity index is 394. The molecule has 188 valence electrons. The Morgan fingerprint density at radius 2 is 1.19 bits per heavy atom. The molecule has 0 aliphatic heterocycles. The minimum absolute atomic E-state index is 0.139. The largest absolute Gasteiger partial charge is 0.481 e. The molecule has 0 bridgehead atoms. The number of rotatable bonds is 8. The summed E-state index contributed by atoms with van der Waals surface area (Å²) in [4.78, 5) is 22.7. The van der Waals surface area contributed by atoms with Gasteiger partial charge in [0, 0.05) is 0 Å². The molecule has 1 saturated carbocycles. The Hall–Kier alpha value is -1.30. The summed E-state index contributed by atoms with van der Waals surface area (Å²) in [6, 6.07) is 0. The summed E-state index contributed by atoms with van der Waals surface area (Å²) in [6.07, 6.45) is 3.22. The molecule has 0 aromatic rings. The van der Waals surface area contributed by atoms with Gasteiger partial charge in [0.05, 0.1) is 56.6 Å². The number of aliphatic carboxylic acids is 1. The van der Waals surface area contributed by atoms with Gasteiger partial charge in [-0.25, -0.2) is 0 Å². The number of esters is 1. The number of aliphatic hydroxyl groups is 6. The molecule has 0 heterocycles.